The summed E-state index contributed by atoms with van der Waals surface area (Å²) in [7, 11) is 0. The number of anilines is 1. The highest BCUT2D eigenvalue weighted by atomic mass is 32.2. The number of β-amino-alcohol motifs (C(OH)–C–C–N with tert-alkyl or cyclic N) is 1. The van der Waals surface area contributed by atoms with Crippen molar-refractivity contribution < 1.29 is 92.9 Å². The molecule has 4 saturated heterocycles. The first kappa shape index (κ1) is 69.9. The fourth-order valence-corrected chi connectivity index (χ4v) is 12.8. The molecule has 4 aliphatic rings. The number of aliphatic hydroxyl groups is 6. The Morgan fingerprint density at radius 2 is 1.41 bits per heavy atom. The number of carbonyl (C=O) groups excluding carboxylic acids is 7. The van der Waals surface area contributed by atoms with Crippen molar-refractivity contribution in [3.05, 3.63) is 125 Å². The number of aliphatic hydroxyl groups excluding tert-OH is 6. The van der Waals surface area contributed by atoms with Gasteiger partial charge in [0.25, 0.3) is 18.2 Å². The van der Waals surface area contributed by atoms with Crippen LogP contribution in [0.1, 0.15) is 61.0 Å². The standard InChI is InChI=1S/C62H73N11O19S2/c1-32-29-73-52(53(32)80)58(85)64-27-40(75)25-43(65-54(81)36-10-12-37(13-11-36)59-69-70-60(93-59)38-14-16-39(17-15-38)71-21-19-42(20-22-71)89-31-34-7-5-4-6-8-34)55(82)66-49(33(2)74)61(86)72-30-41(76)26-44(72)56(83)67-50(57(84)68-51(62(73)87)47(79)28-63-3)46(78)23-35-9-18-45(77)48(24-35)90-94-92-91-88/h4-18,24,32-33,40-44,46-47,49-53,74-80,88H,19-23,25-31H2,1-2H3,(H,64,85)(H,65,81)(H,66,82)(H,67,83)(H,68,84)/t32?,33?,40-,41?,43-,44?,46+,47+,49?,50?,51-,52?,53-/m0/s1. The Labute approximate surface area is 547 Å². The van der Waals surface area contributed by atoms with E-state index < -0.39 is 165 Å². The number of hydrogen-bond acceptors (Lipinski definition) is 24. The fourth-order valence-electron chi connectivity index (χ4n) is 11.6. The predicted octanol–water partition coefficient (Wildman–Crippen LogP) is -0.00571. The lowest BCUT2D eigenvalue weighted by atomic mass is 9.99. The van der Waals surface area contributed by atoms with E-state index in [1.165, 1.54) is 36.5 Å². The maximum atomic E-state index is 14.7. The van der Waals surface area contributed by atoms with Gasteiger partial charge in [-0.25, -0.2) is 11.8 Å². The number of amides is 7. The molecule has 4 fully saturated rings. The van der Waals surface area contributed by atoms with E-state index in [4.69, 9.17) is 20.7 Å². The highest BCUT2D eigenvalue weighted by molar-refractivity contribution is 7.90. The van der Waals surface area contributed by atoms with Gasteiger partial charge in [-0.2, -0.15) is 0 Å². The number of aromatic hydroxyl groups is 1. The second kappa shape index (κ2) is 32.1. The number of fused-ring (bicyclic) bond motifs is 2. The molecule has 5 aromatic rings. The SMILES string of the molecule is [C-]#[N+]C[C@@H](O)[C@@H]1NC(=O)C([C@H](O)Cc2ccc(O)c(OSOOO)c2)NC(=O)C2CC(O)CN2C(=O)C(C(C)O)NC(=O)[C@@H](NC(=O)c2ccc(-c3nnc(-c4ccc(N5CCC(OCc6ccccc6)CC5)cc4)s3)cc2)C[C@H](O)CNC(=O)C2[C@@H](O)C(C)CN2C1=O. The molecule has 32 heteroatoms. The lowest BCUT2D eigenvalue weighted by molar-refractivity contribution is -0.433. The Morgan fingerprint density at radius 1 is 0.766 bits per heavy atom. The second-order valence-corrected chi connectivity index (χ2v) is 24.9. The molecule has 0 spiro atoms. The summed E-state index contributed by atoms with van der Waals surface area (Å²) in [5, 5.41) is 113. The summed E-state index contributed by atoms with van der Waals surface area (Å²) in [5.41, 5.74) is 3.77. The molecule has 9 rings (SSSR count). The minimum Gasteiger partial charge on any atom is -0.504 e. The molecule has 0 aliphatic carbocycles. The number of phenols is 1. The molecule has 0 saturated carbocycles. The third-order valence-corrected chi connectivity index (χ3v) is 18.1. The largest absolute Gasteiger partial charge is 0.504 e. The lowest BCUT2D eigenvalue weighted by Gasteiger charge is -2.33. The van der Waals surface area contributed by atoms with E-state index in [-0.39, 0.29) is 41.8 Å². The lowest BCUT2D eigenvalue weighted by Crippen LogP contribution is -2.64. The molecule has 0 radical (unpaired) electrons. The first-order valence-electron chi connectivity index (χ1n) is 30.2. The summed E-state index contributed by atoms with van der Waals surface area (Å²) < 4.78 is 15.5. The smallest absolute Gasteiger partial charge is 0.261 e. The monoisotopic (exact) mass is 1340 g/mol. The Bertz CT molecular complexity index is 3510. The summed E-state index contributed by atoms with van der Waals surface area (Å²) >= 11 is 1.39. The number of benzene rings is 4. The number of nitrogens with zero attached hydrogens (tertiary/aromatic N) is 6. The fraction of sp³-hybridized carbons (Fsp3) is 0.452. The Morgan fingerprint density at radius 3 is 2.07 bits per heavy atom. The van der Waals surface area contributed by atoms with Crippen LogP contribution in [-0.2, 0) is 55.9 Å². The van der Waals surface area contributed by atoms with E-state index in [0.29, 0.717) is 22.2 Å². The number of nitrogens with one attached hydrogen (secondary N) is 5. The van der Waals surface area contributed by atoms with E-state index in [0.717, 1.165) is 71.6 Å². The van der Waals surface area contributed by atoms with Crippen LogP contribution in [0.2, 0.25) is 0 Å². The van der Waals surface area contributed by atoms with Crippen LogP contribution >= 0.6 is 23.7 Å². The van der Waals surface area contributed by atoms with Gasteiger partial charge < -0.3 is 90.8 Å². The van der Waals surface area contributed by atoms with Crippen molar-refractivity contribution in [2.75, 3.05) is 44.2 Å². The van der Waals surface area contributed by atoms with Crippen LogP contribution < -0.4 is 35.7 Å². The third kappa shape index (κ3) is 17.3. The molecule has 4 aromatic carbocycles. The van der Waals surface area contributed by atoms with Crippen molar-refractivity contribution in [3.8, 4) is 32.6 Å². The molecule has 13 atom stereocenters. The Kier molecular flexibility index (Phi) is 23.9. The molecule has 7 unspecified atom stereocenters. The minimum atomic E-state index is -2.15. The van der Waals surface area contributed by atoms with Crippen LogP contribution in [0.25, 0.3) is 26.0 Å². The molecular formula is C62H73N11O19S2. The molecule has 1 aromatic heterocycles. The van der Waals surface area contributed by atoms with Gasteiger partial charge in [-0.15, -0.1) is 10.2 Å². The zero-order valence-corrected chi connectivity index (χ0v) is 52.5. The van der Waals surface area contributed by atoms with Crippen LogP contribution in [0.5, 0.6) is 11.5 Å². The molecule has 4 aliphatic heterocycles. The summed E-state index contributed by atoms with van der Waals surface area (Å²) in [6, 6.07) is 16.4. The van der Waals surface area contributed by atoms with Gasteiger partial charge in [0.2, 0.25) is 42.0 Å². The van der Waals surface area contributed by atoms with Crippen molar-refractivity contribution in [1.82, 2.24) is 46.6 Å². The molecule has 0 bridgehead atoms. The van der Waals surface area contributed by atoms with Crippen LogP contribution in [0.15, 0.2) is 97.1 Å². The quantitative estimate of drug-likeness (QED) is 0.0180. The number of piperidine rings is 1. The first-order valence-corrected chi connectivity index (χ1v) is 31.7. The highest BCUT2D eigenvalue weighted by Gasteiger charge is 2.50. The van der Waals surface area contributed by atoms with Gasteiger partial charge in [0.1, 0.15) is 46.3 Å². The average Bonchev–Trinajstić information content (AvgIpc) is 1.63. The third-order valence-electron chi connectivity index (χ3n) is 16.7. The summed E-state index contributed by atoms with van der Waals surface area (Å²) in [6.45, 7) is 9.91. The van der Waals surface area contributed by atoms with E-state index in [1.54, 1.807) is 12.1 Å². The summed E-state index contributed by atoms with van der Waals surface area (Å²) in [6.07, 6.45) is -10.3. The van der Waals surface area contributed by atoms with Crippen LogP contribution in [0.4, 0.5) is 5.69 Å². The molecule has 30 nitrogen and oxygen atoms in total. The number of rotatable bonds is 18. The topological polar surface area (TPSA) is 418 Å². The predicted molar refractivity (Wildman–Crippen MR) is 335 cm³/mol. The van der Waals surface area contributed by atoms with Crippen LogP contribution in [-0.4, -0.2) is 221 Å². The van der Waals surface area contributed by atoms with Crippen molar-refractivity contribution in [2.24, 2.45) is 5.92 Å². The van der Waals surface area contributed by atoms with Crippen LogP contribution in [0, 0.1) is 12.5 Å². The minimum absolute atomic E-state index is 0.0167. The first-order chi connectivity index (χ1) is 45.1. The number of aromatic nitrogens is 2. The summed E-state index contributed by atoms with van der Waals surface area (Å²) in [5.74, 6) is -9.64. The zero-order chi connectivity index (χ0) is 67.3. The molecule has 13 N–H and O–H groups in total. The van der Waals surface area contributed by atoms with E-state index in [9.17, 15) is 69.3 Å². The number of ether oxygens (including phenoxy) is 1. The van der Waals surface area contributed by atoms with Gasteiger partial charge in [0.05, 0.1) is 43.2 Å². The Hall–Kier alpha value is -8.43. The van der Waals surface area contributed by atoms with Crippen molar-refractivity contribution in [2.45, 2.75) is 132 Å². The van der Waals surface area contributed by atoms with Gasteiger partial charge in [-0.3, -0.25) is 33.6 Å². The van der Waals surface area contributed by atoms with Gasteiger partial charge in [0, 0.05) is 80.3 Å². The van der Waals surface area contributed by atoms with Gasteiger partial charge in [0.15, 0.2) is 17.6 Å². The molecule has 94 heavy (non-hydrogen) atoms. The van der Waals surface area contributed by atoms with Crippen molar-refractivity contribution in [3.63, 3.8) is 0 Å². The zero-order valence-electron chi connectivity index (χ0n) is 50.9. The van der Waals surface area contributed by atoms with E-state index in [1.807, 2.05) is 42.5 Å². The Balaban J connectivity index is 0.942. The number of carbonyl (C=O) groups is 7. The van der Waals surface area contributed by atoms with Crippen LogP contribution in [0.3, 0.4) is 0 Å². The van der Waals surface area contributed by atoms with E-state index in [2.05, 4.69) is 68.0 Å². The maximum absolute atomic E-state index is 14.7. The number of phenolic OH excluding ortho intramolecular Hbond substituents is 1. The van der Waals surface area contributed by atoms with Crippen molar-refractivity contribution in [1.29, 1.82) is 0 Å². The normalized spacial score (nSPS) is 25.5. The van der Waals surface area contributed by atoms with Gasteiger partial charge >= 0.3 is 0 Å². The average molecular weight is 1340 g/mol. The van der Waals surface area contributed by atoms with Gasteiger partial charge in [-0.05, 0) is 79.4 Å². The second-order valence-electron chi connectivity index (χ2n) is 23.5. The molecule has 5 heterocycles. The molecule has 502 valence electrons. The highest BCUT2D eigenvalue weighted by Crippen LogP contribution is 2.34. The number of hydrogen-bond donors (Lipinski definition) is 13. The summed E-state index contributed by atoms with van der Waals surface area (Å²) in [4.78, 5) is 108. The molecule has 7 amide bonds. The molecular weight excluding hydrogens is 1270 g/mol. The van der Waals surface area contributed by atoms with Gasteiger partial charge in [-0.1, -0.05) is 76.2 Å². The maximum Gasteiger partial charge on any atom is 0.261 e. The van der Waals surface area contributed by atoms with E-state index >= 15 is 0 Å². The van der Waals surface area contributed by atoms with Crippen molar-refractivity contribution >= 4 is 70.7 Å².